The maximum Gasteiger partial charge on any atom is 0.415 e. The van der Waals surface area contributed by atoms with E-state index in [1.807, 2.05) is 43.3 Å². The van der Waals surface area contributed by atoms with E-state index in [0.717, 1.165) is 10.9 Å². The summed E-state index contributed by atoms with van der Waals surface area (Å²) in [6, 6.07) is 21.7. The SMILES string of the molecule is CC1(c2ccc3ccccc3c2)COC(=O)N1c1ccccc1Cl. The molecule has 3 nitrogen and oxygen atoms in total. The molecule has 120 valence electrons. The van der Waals surface area contributed by atoms with E-state index in [1.165, 1.54) is 5.39 Å². The van der Waals surface area contributed by atoms with Gasteiger partial charge < -0.3 is 4.74 Å². The molecule has 3 aromatic rings. The van der Waals surface area contributed by atoms with Gasteiger partial charge in [-0.25, -0.2) is 4.79 Å². The first kappa shape index (κ1) is 15.0. The van der Waals surface area contributed by atoms with E-state index in [9.17, 15) is 4.79 Å². The van der Waals surface area contributed by atoms with Crippen LogP contribution in [0.15, 0.2) is 66.7 Å². The van der Waals surface area contributed by atoms with Crippen molar-refractivity contribution in [3.8, 4) is 0 Å². The highest BCUT2D eigenvalue weighted by Crippen LogP contribution is 2.41. The molecular weight excluding hydrogens is 322 g/mol. The summed E-state index contributed by atoms with van der Waals surface area (Å²) >= 11 is 6.33. The number of benzene rings is 3. The average molecular weight is 338 g/mol. The molecule has 1 aliphatic heterocycles. The maximum atomic E-state index is 12.4. The molecule has 0 radical (unpaired) electrons. The Morgan fingerprint density at radius 3 is 2.50 bits per heavy atom. The summed E-state index contributed by atoms with van der Waals surface area (Å²) in [5.41, 5.74) is 1.08. The van der Waals surface area contributed by atoms with Gasteiger partial charge in [0.15, 0.2) is 0 Å². The summed E-state index contributed by atoms with van der Waals surface area (Å²) < 4.78 is 5.39. The lowest BCUT2D eigenvalue weighted by atomic mass is 9.89. The number of anilines is 1. The number of amides is 1. The number of halogens is 1. The molecule has 1 amide bonds. The number of carbonyl (C=O) groups excluding carboxylic acids is 1. The number of rotatable bonds is 2. The third kappa shape index (κ3) is 2.24. The van der Waals surface area contributed by atoms with Gasteiger partial charge in [-0.2, -0.15) is 0 Å². The molecule has 1 atom stereocenters. The summed E-state index contributed by atoms with van der Waals surface area (Å²) in [5.74, 6) is 0. The molecule has 0 aromatic heterocycles. The predicted octanol–water partition coefficient (Wildman–Crippen LogP) is 5.37. The normalized spacial score (nSPS) is 20.4. The fourth-order valence-corrected chi connectivity index (χ4v) is 3.49. The zero-order valence-corrected chi connectivity index (χ0v) is 14.0. The van der Waals surface area contributed by atoms with Crippen molar-refractivity contribution in [3.05, 3.63) is 77.3 Å². The number of hydrogen-bond acceptors (Lipinski definition) is 2. The molecule has 24 heavy (non-hydrogen) atoms. The van der Waals surface area contributed by atoms with Gasteiger partial charge in [0.1, 0.15) is 12.1 Å². The van der Waals surface area contributed by atoms with Gasteiger partial charge in [-0.3, -0.25) is 4.90 Å². The highest BCUT2D eigenvalue weighted by atomic mass is 35.5. The van der Waals surface area contributed by atoms with Crippen LogP contribution in [0.5, 0.6) is 0 Å². The third-order valence-corrected chi connectivity index (χ3v) is 4.94. The van der Waals surface area contributed by atoms with E-state index < -0.39 is 5.54 Å². The van der Waals surface area contributed by atoms with E-state index in [2.05, 4.69) is 24.3 Å². The Hall–Kier alpha value is -2.52. The van der Waals surface area contributed by atoms with Crippen LogP contribution in [0.2, 0.25) is 5.02 Å². The fourth-order valence-electron chi connectivity index (χ4n) is 3.27. The van der Waals surface area contributed by atoms with Gasteiger partial charge in [-0.1, -0.05) is 60.1 Å². The fraction of sp³-hybridized carbons (Fsp3) is 0.150. The summed E-state index contributed by atoms with van der Waals surface area (Å²) in [4.78, 5) is 14.1. The van der Waals surface area contributed by atoms with Crippen LogP contribution < -0.4 is 4.90 Å². The zero-order chi connectivity index (χ0) is 16.7. The molecule has 0 aliphatic carbocycles. The number of cyclic esters (lactones) is 1. The van der Waals surface area contributed by atoms with Crippen LogP contribution in [0.25, 0.3) is 10.8 Å². The van der Waals surface area contributed by atoms with Crippen molar-refractivity contribution < 1.29 is 9.53 Å². The Morgan fingerprint density at radius 1 is 1.00 bits per heavy atom. The second-order valence-corrected chi connectivity index (χ2v) is 6.58. The maximum absolute atomic E-state index is 12.4. The first-order valence-corrected chi connectivity index (χ1v) is 8.18. The van der Waals surface area contributed by atoms with Gasteiger partial charge in [0.05, 0.1) is 10.7 Å². The van der Waals surface area contributed by atoms with Crippen LogP contribution >= 0.6 is 11.6 Å². The summed E-state index contributed by atoms with van der Waals surface area (Å²) in [5, 5.41) is 2.83. The molecule has 1 fully saturated rings. The van der Waals surface area contributed by atoms with Crippen LogP contribution in [-0.2, 0) is 10.3 Å². The highest BCUT2D eigenvalue weighted by molar-refractivity contribution is 6.33. The summed E-state index contributed by atoms with van der Waals surface area (Å²) in [6.45, 7) is 2.29. The smallest absolute Gasteiger partial charge is 0.415 e. The van der Waals surface area contributed by atoms with Crippen LogP contribution in [0.4, 0.5) is 10.5 Å². The molecule has 1 aliphatic rings. The van der Waals surface area contributed by atoms with Crippen molar-refractivity contribution in [2.45, 2.75) is 12.5 Å². The molecule has 4 heteroatoms. The Morgan fingerprint density at radius 2 is 1.71 bits per heavy atom. The summed E-state index contributed by atoms with van der Waals surface area (Å²) in [7, 11) is 0. The standard InChI is InChI=1S/C20H16ClNO2/c1-20(16-11-10-14-6-2-3-7-15(14)12-16)13-24-19(23)22(20)18-9-5-4-8-17(18)21/h2-12H,13H2,1H3. The first-order valence-electron chi connectivity index (χ1n) is 7.80. The van der Waals surface area contributed by atoms with Crippen LogP contribution in [0.3, 0.4) is 0 Å². The van der Waals surface area contributed by atoms with Gasteiger partial charge in [0.2, 0.25) is 0 Å². The van der Waals surface area contributed by atoms with E-state index >= 15 is 0 Å². The second kappa shape index (κ2) is 5.53. The molecule has 4 rings (SSSR count). The minimum atomic E-state index is -0.605. The Balaban J connectivity index is 1.87. The van der Waals surface area contributed by atoms with Crippen molar-refractivity contribution in [3.63, 3.8) is 0 Å². The molecule has 0 spiro atoms. The molecule has 0 bridgehead atoms. The molecule has 0 N–H and O–H groups in total. The van der Waals surface area contributed by atoms with Crippen molar-refractivity contribution in [1.82, 2.24) is 0 Å². The van der Waals surface area contributed by atoms with Gasteiger partial charge in [-0.05, 0) is 41.5 Å². The van der Waals surface area contributed by atoms with Gasteiger partial charge in [0, 0.05) is 0 Å². The lowest BCUT2D eigenvalue weighted by Crippen LogP contribution is -2.42. The predicted molar refractivity (Wildman–Crippen MR) is 96.6 cm³/mol. The topological polar surface area (TPSA) is 29.5 Å². The number of ether oxygens (including phenoxy) is 1. The van der Waals surface area contributed by atoms with E-state index in [-0.39, 0.29) is 12.7 Å². The Labute approximate surface area is 145 Å². The second-order valence-electron chi connectivity index (χ2n) is 6.18. The van der Waals surface area contributed by atoms with Gasteiger partial charge >= 0.3 is 6.09 Å². The first-order chi connectivity index (χ1) is 11.6. The lowest BCUT2D eigenvalue weighted by Gasteiger charge is -2.33. The average Bonchev–Trinajstić information content (AvgIpc) is 2.91. The third-order valence-electron chi connectivity index (χ3n) is 4.62. The van der Waals surface area contributed by atoms with Crippen molar-refractivity contribution >= 4 is 34.2 Å². The Bertz CT molecular complexity index is 940. The number of nitrogens with zero attached hydrogens (tertiary/aromatic N) is 1. The molecule has 1 saturated heterocycles. The van der Waals surface area contributed by atoms with Crippen molar-refractivity contribution in [1.29, 1.82) is 0 Å². The number of carbonyl (C=O) groups is 1. The molecule has 3 aromatic carbocycles. The zero-order valence-electron chi connectivity index (χ0n) is 13.2. The van der Waals surface area contributed by atoms with Gasteiger partial charge in [-0.15, -0.1) is 0 Å². The Kier molecular flexibility index (Phi) is 3.47. The summed E-state index contributed by atoms with van der Waals surface area (Å²) in [6.07, 6.45) is -0.376. The monoisotopic (exact) mass is 337 g/mol. The van der Waals surface area contributed by atoms with E-state index in [1.54, 1.807) is 11.0 Å². The minimum Gasteiger partial charge on any atom is -0.446 e. The highest BCUT2D eigenvalue weighted by Gasteiger charge is 2.46. The largest absolute Gasteiger partial charge is 0.446 e. The van der Waals surface area contributed by atoms with Crippen LogP contribution in [0, 0.1) is 0 Å². The number of para-hydroxylation sites is 1. The quantitative estimate of drug-likeness (QED) is 0.629. The molecule has 1 unspecified atom stereocenters. The number of hydrogen-bond donors (Lipinski definition) is 0. The molecule has 0 saturated carbocycles. The van der Waals surface area contributed by atoms with Crippen molar-refractivity contribution in [2.75, 3.05) is 11.5 Å². The van der Waals surface area contributed by atoms with Crippen LogP contribution in [-0.4, -0.2) is 12.7 Å². The van der Waals surface area contributed by atoms with E-state index in [0.29, 0.717) is 10.7 Å². The minimum absolute atomic E-state index is 0.287. The molecular formula is C20H16ClNO2. The van der Waals surface area contributed by atoms with E-state index in [4.69, 9.17) is 16.3 Å². The molecule has 1 heterocycles. The van der Waals surface area contributed by atoms with Gasteiger partial charge in [0.25, 0.3) is 0 Å². The lowest BCUT2D eigenvalue weighted by molar-refractivity contribution is 0.174. The van der Waals surface area contributed by atoms with Crippen molar-refractivity contribution in [2.24, 2.45) is 0 Å². The van der Waals surface area contributed by atoms with Crippen LogP contribution in [0.1, 0.15) is 12.5 Å². The number of fused-ring (bicyclic) bond motifs is 1.